The summed E-state index contributed by atoms with van der Waals surface area (Å²) in [6, 6.07) is 14.8. The number of nitrogens with zero attached hydrogens (tertiary/aromatic N) is 2. The van der Waals surface area contributed by atoms with Gasteiger partial charge in [-0.25, -0.2) is 4.98 Å². The molecule has 3 aromatic rings. The molecule has 1 N–H and O–H groups in total. The van der Waals surface area contributed by atoms with Gasteiger partial charge in [0.25, 0.3) is 5.91 Å². The first-order valence-electron chi connectivity index (χ1n) is 7.68. The predicted octanol–water partition coefficient (Wildman–Crippen LogP) is 3.50. The molecule has 0 atom stereocenters. The summed E-state index contributed by atoms with van der Waals surface area (Å²) in [4.78, 5) is 16.5. The van der Waals surface area contributed by atoms with Crippen molar-refractivity contribution in [3.8, 4) is 5.75 Å². The average molecular weight is 321 g/mol. The summed E-state index contributed by atoms with van der Waals surface area (Å²) in [5.74, 6) is 1.59. The van der Waals surface area contributed by atoms with Crippen LogP contribution in [0.2, 0.25) is 0 Å². The zero-order valence-corrected chi connectivity index (χ0v) is 13.7. The molecule has 1 amide bonds. The fraction of sp³-hybridized carbons (Fsp3) is 0.158. The third-order valence-corrected chi connectivity index (χ3v) is 3.84. The van der Waals surface area contributed by atoms with E-state index < -0.39 is 0 Å². The highest BCUT2D eigenvalue weighted by Gasteiger charge is 2.07. The highest BCUT2D eigenvalue weighted by Crippen LogP contribution is 2.16. The summed E-state index contributed by atoms with van der Waals surface area (Å²) in [5.41, 5.74) is 2.48. The van der Waals surface area contributed by atoms with Crippen molar-refractivity contribution in [3.05, 3.63) is 77.9 Å². The molecular weight excluding hydrogens is 302 g/mol. The second-order valence-corrected chi connectivity index (χ2v) is 5.48. The number of hydrogen-bond acceptors (Lipinski definition) is 3. The lowest BCUT2D eigenvalue weighted by molar-refractivity contribution is 0.102. The quantitative estimate of drug-likeness (QED) is 0.782. The third kappa shape index (κ3) is 3.63. The first-order chi connectivity index (χ1) is 11.7. The molecule has 3 rings (SSSR count). The van der Waals surface area contributed by atoms with Gasteiger partial charge in [0.2, 0.25) is 0 Å². The summed E-state index contributed by atoms with van der Waals surface area (Å²) < 4.78 is 7.17. The Balaban J connectivity index is 1.66. The number of benzene rings is 2. The zero-order chi connectivity index (χ0) is 16.9. The Bertz CT molecular complexity index is 821. The number of carbonyl (C=O) groups is 1. The number of aromatic nitrogens is 2. The van der Waals surface area contributed by atoms with Gasteiger partial charge >= 0.3 is 0 Å². The van der Waals surface area contributed by atoms with Gasteiger partial charge in [0.05, 0.1) is 7.11 Å². The number of ether oxygens (including phenoxy) is 1. The first kappa shape index (κ1) is 15.8. The molecule has 0 saturated heterocycles. The van der Waals surface area contributed by atoms with Crippen molar-refractivity contribution in [2.75, 3.05) is 12.4 Å². The highest BCUT2D eigenvalue weighted by molar-refractivity contribution is 6.04. The second kappa shape index (κ2) is 7.00. The van der Waals surface area contributed by atoms with Crippen LogP contribution in [0.5, 0.6) is 5.75 Å². The van der Waals surface area contributed by atoms with Crippen LogP contribution in [0.15, 0.2) is 60.9 Å². The summed E-state index contributed by atoms with van der Waals surface area (Å²) in [6.07, 6.45) is 3.73. The normalized spacial score (nSPS) is 10.4. The largest absolute Gasteiger partial charge is 0.497 e. The van der Waals surface area contributed by atoms with Crippen LogP contribution < -0.4 is 10.1 Å². The Labute approximate surface area is 140 Å². The van der Waals surface area contributed by atoms with Crippen LogP contribution >= 0.6 is 0 Å². The molecule has 0 unspecified atom stereocenters. The average Bonchev–Trinajstić information content (AvgIpc) is 3.01. The Hall–Kier alpha value is -3.08. The van der Waals surface area contributed by atoms with E-state index in [1.165, 1.54) is 0 Å². The van der Waals surface area contributed by atoms with Crippen LogP contribution in [0.4, 0.5) is 5.69 Å². The van der Waals surface area contributed by atoms with Crippen molar-refractivity contribution >= 4 is 11.6 Å². The van der Waals surface area contributed by atoms with Crippen LogP contribution in [0.3, 0.4) is 0 Å². The number of rotatable bonds is 5. The van der Waals surface area contributed by atoms with Crippen molar-refractivity contribution in [2.24, 2.45) is 0 Å². The molecule has 5 nitrogen and oxygen atoms in total. The van der Waals surface area contributed by atoms with E-state index in [0.717, 1.165) is 29.4 Å². The number of hydrogen-bond donors (Lipinski definition) is 1. The topological polar surface area (TPSA) is 56.1 Å². The fourth-order valence-electron chi connectivity index (χ4n) is 2.41. The van der Waals surface area contributed by atoms with Gasteiger partial charge < -0.3 is 14.6 Å². The maximum atomic E-state index is 12.3. The molecule has 1 heterocycles. The zero-order valence-electron chi connectivity index (χ0n) is 13.7. The predicted molar refractivity (Wildman–Crippen MR) is 93.5 cm³/mol. The molecule has 0 fully saturated rings. The van der Waals surface area contributed by atoms with Gasteiger partial charge in [0.15, 0.2) is 0 Å². The van der Waals surface area contributed by atoms with Crippen molar-refractivity contribution in [1.29, 1.82) is 0 Å². The first-order valence-corrected chi connectivity index (χ1v) is 7.68. The van der Waals surface area contributed by atoms with E-state index in [4.69, 9.17) is 4.74 Å². The maximum Gasteiger partial charge on any atom is 0.255 e. The Kier molecular flexibility index (Phi) is 4.61. The Morgan fingerprint density at radius 3 is 2.42 bits per heavy atom. The second-order valence-electron chi connectivity index (χ2n) is 5.48. The summed E-state index contributed by atoms with van der Waals surface area (Å²) >= 11 is 0. The molecule has 2 aromatic carbocycles. The molecule has 24 heavy (non-hydrogen) atoms. The number of anilines is 1. The number of methoxy groups -OCH3 is 1. The molecule has 0 spiro atoms. The van der Waals surface area contributed by atoms with Gasteiger partial charge in [0.1, 0.15) is 11.6 Å². The molecule has 0 aliphatic heterocycles. The molecule has 0 saturated carbocycles. The number of aryl methyl sites for hydroxylation is 1. The lowest BCUT2D eigenvalue weighted by Crippen LogP contribution is -2.12. The van der Waals surface area contributed by atoms with E-state index in [2.05, 4.69) is 14.9 Å². The number of carbonyl (C=O) groups excluding carboxylic acids is 1. The van der Waals surface area contributed by atoms with Crippen LogP contribution in [-0.2, 0) is 6.54 Å². The smallest absolute Gasteiger partial charge is 0.255 e. The van der Waals surface area contributed by atoms with Crippen LogP contribution in [0, 0.1) is 6.92 Å². The Morgan fingerprint density at radius 1 is 1.12 bits per heavy atom. The number of nitrogens with one attached hydrogen (secondary N) is 1. The molecule has 1 aromatic heterocycles. The minimum absolute atomic E-state index is 0.134. The minimum Gasteiger partial charge on any atom is -0.497 e. The molecule has 0 bridgehead atoms. The van der Waals surface area contributed by atoms with Crippen molar-refractivity contribution < 1.29 is 9.53 Å². The van der Waals surface area contributed by atoms with Gasteiger partial charge in [-0.05, 0) is 48.9 Å². The minimum atomic E-state index is -0.134. The number of amides is 1. The van der Waals surface area contributed by atoms with E-state index in [0.29, 0.717) is 5.56 Å². The Morgan fingerprint density at radius 2 is 1.83 bits per heavy atom. The van der Waals surface area contributed by atoms with Gasteiger partial charge in [0, 0.05) is 30.2 Å². The van der Waals surface area contributed by atoms with Gasteiger partial charge in [-0.2, -0.15) is 0 Å². The molecule has 0 radical (unpaired) electrons. The van der Waals surface area contributed by atoms with E-state index >= 15 is 0 Å². The van der Waals surface area contributed by atoms with E-state index in [1.54, 1.807) is 13.3 Å². The number of imidazole rings is 1. The van der Waals surface area contributed by atoms with Gasteiger partial charge in [-0.15, -0.1) is 0 Å². The van der Waals surface area contributed by atoms with E-state index in [9.17, 15) is 4.79 Å². The van der Waals surface area contributed by atoms with Crippen LogP contribution in [0.1, 0.15) is 21.7 Å². The van der Waals surface area contributed by atoms with Gasteiger partial charge in [-0.3, -0.25) is 4.79 Å². The lowest BCUT2D eigenvalue weighted by Gasteiger charge is -2.08. The monoisotopic (exact) mass is 321 g/mol. The fourth-order valence-corrected chi connectivity index (χ4v) is 2.41. The highest BCUT2D eigenvalue weighted by atomic mass is 16.5. The summed E-state index contributed by atoms with van der Waals surface area (Å²) in [7, 11) is 1.61. The summed E-state index contributed by atoms with van der Waals surface area (Å²) in [5, 5.41) is 2.87. The molecule has 122 valence electrons. The molecule has 0 aliphatic rings. The maximum absolute atomic E-state index is 12.3. The van der Waals surface area contributed by atoms with Gasteiger partial charge in [-0.1, -0.05) is 12.1 Å². The molecule has 5 heteroatoms. The van der Waals surface area contributed by atoms with E-state index in [1.807, 2.05) is 61.7 Å². The van der Waals surface area contributed by atoms with Crippen molar-refractivity contribution in [1.82, 2.24) is 9.55 Å². The SMILES string of the molecule is COc1ccc(NC(=O)c2ccc(Cn3ccnc3C)cc2)cc1. The van der Waals surface area contributed by atoms with Crippen LogP contribution in [-0.4, -0.2) is 22.6 Å². The molecule has 0 aliphatic carbocycles. The third-order valence-electron chi connectivity index (χ3n) is 3.84. The standard InChI is InChI=1S/C19H19N3O2/c1-14-20-11-12-22(14)13-15-3-5-16(6-4-15)19(23)21-17-7-9-18(24-2)10-8-17/h3-12H,13H2,1-2H3,(H,21,23). The lowest BCUT2D eigenvalue weighted by atomic mass is 10.1. The van der Waals surface area contributed by atoms with E-state index in [-0.39, 0.29) is 5.91 Å². The molecular formula is C19H19N3O2. The summed E-state index contributed by atoms with van der Waals surface area (Å²) in [6.45, 7) is 2.71. The van der Waals surface area contributed by atoms with Crippen LogP contribution in [0.25, 0.3) is 0 Å². The van der Waals surface area contributed by atoms with Crippen molar-refractivity contribution in [2.45, 2.75) is 13.5 Å². The van der Waals surface area contributed by atoms with Crippen molar-refractivity contribution in [3.63, 3.8) is 0 Å².